The van der Waals surface area contributed by atoms with E-state index in [0.29, 0.717) is 12.1 Å². The molecule has 0 fully saturated rings. The molecule has 1 aromatic carbocycles. The largest absolute Gasteiger partial charge is 0.416 e. The Labute approximate surface area is 143 Å². The number of carbonyl (C=O) groups is 1. The van der Waals surface area contributed by atoms with Gasteiger partial charge in [-0.25, -0.2) is 13.2 Å². The van der Waals surface area contributed by atoms with Gasteiger partial charge < -0.3 is 4.84 Å². The quantitative estimate of drug-likeness (QED) is 0.348. The molecule has 0 aliphatic heterocycles. The number of rotatable bonds is 3. The monoisotopic (exact) mass is 388 g/mol. The normalized spacial score (nSPS) is 12.5. The summed E-state index contributed by atoms with van der Waals surface area (Å²) in [4.78, 5) is 16.1. The lowest BCUT2D eigenvalue weighted by Crippen LogP contribution is -2.14. The van der Waals surface area contributed by atoms with E-state index in [1.807, 2.05) is 0 Å². The minimum absolute atomic E-state index is 0.168. The molecule has 0 radical (unpaired) electrons. The van der Waals surface area contributed by atoms with Gasteiger partial charge in [-0.3, -0.25) is 0 Å². The van der Waals surface area contributed by atoms with Gasteiger partial charge in [0.05, 0.1) is 11.1 Å². The van der Waals surface area contributed by atoms with Crippen molar-refractivity contribution in [2.45, 2.75) is 10.4 Å². The molecule has 0 aliphatic carbocycles. The molecule has 0 amide bonds. The van der Waals surface area contributed by atoms with E-state index in [4.69, 9.17) is 5.26 Å². The third kappa shape index (κ3) is 4.23. The van der Waals surface area contributed by atoms with Crippen molar-refractivity contribution in [3.05, 3.63) is 52.9 Å². The molecule has 0 atom stereocenters. The lowest BCUT2D eigenvalue weighted by molar-refractivity contribution is -0.137. The average molecular weight is 388 g/mol. The molecule has 130 valence electrons. The number of alkyl halides is 3. The highest BCUT2D eigenvalue weighted by Gasteiger charge is 2.30. The van der Waals surface area contributed by atoms with Gasteiger partial charge in [-0.05, 0) is 35.7 Å². The molecular formula is C14H7F3N2O4S2. The summed E-state index contributed by atoms with van der Waals surface area (Å²) in [5, 5.41) is 12.3. The molecule has 11 heteroatoms. The van der Waals surface area contributed by atoms with Crippen molar-refractivity contribution in [2.24, 2.45) is 5.16 Å². The maximum Gasteiger partial charge on any atom is 0.416 e. The second kappa shape index (κ2) is 7.04. The fourth-order valence-electron chi connectivity index (χ4n) is 1.57. The maximum absolute atomic E-state index is 12.4. The van der Waals surface area contributed by atoms with Crippen LogP contribution < -0.4 is 0 Å². The van der Waals surface area contributed by atoms with Crippen molar-refractivity contribution in [2.75, 3.05) is 0 Å². The second-order valence-corrected chi connectivity index (χ2v) is 7.44. The molecule has 25 heavy (non-hydrogen) atoms. The first-order chi connectivity index (χ1) is 11.7. The summed E-state index contributed by atoms with van der Waals surface area (Å²) in [5.74, 6) is -1.21. The zero-order chi connectivity index (χ0) is 18.7. The van der Waals surface area contributed by atoms with E-state index < -0.39 is 32.6 Å². The van der Waals surface area contributed by atoms with Gasteiger partial charge in [-0.1, -0.05) is 11.2 Å². The molecule has 1 heterocycles. The van der Waals surface area contributed by atoms with E-state index in [0.717, 1.165) is 23.5 Å². The lowest BCUT2D eigenvalue weighted by Gasteiger charge is -2.06. The molecule has 1 aromatic heterocycles. The molecule has 0 aliphatic rings. The van der Waals surface area contributed by atoms with Crippen LogP contribution in [0.4, 0.5) is 13.2 Å². The van der Waals surface area contributed by atoms with Gasteiger partial charge in [0.1, 0.15) is 10.3 Å². The highest BCUT2D eigenvalue weighted by atomic mass is 32.2. The standard InChI is InChI=1S/C14H7F3N2O4S2/c15-14(16,17)10-5-3-9(4-6-10)13(20)23-19-11(8-18)25(21,22)12-2-1-7-24-12/h1-7H/b19-11+. The van der Waals surface area contributed by atoms with Crippen LogP contribution in [0, 0.1) is 11.3 Å². The third-order valence-corrected chi connectivity index (χ3v) is 5.72. The molecule has 0 bridgehead atoms. The predicted octanol–water partition coefficient (Wildman–Crippen LogP) is 3.23. The molecule has 0 spiro atoms. The number of hydrogen-bond donors (Lipinski definition) is 0. The van der Waals surface area contributed by atoms with Crippen LogP contribution >= 0.6 is 11.3 Å². The Morgan fingerprint density at radius 1 is 1.20 bits per heavy atom. The minimum atomic E-state index is -4.57. The third-order valence-electron chi connectivity index (χ3n) is 2.77. The number of hydrogen-bond acceptors (Lipinski definition) is 7. The second-order valence-electron chi connectivity index (χ2n) is 4.40. The molecule has 0 unspecified atom stereocenters. The molecular weight excluding hydrogens is 381 g/mol. The zero-order valence-corrected chi connectivity index (χ0v) is 13.7. The first-order valence-corrected chi connectivity index (χ1v) is 8.68. The Morgan fingerprint density at radius 2 is 1.84 bits per heavy atom. The van der Waals surface area contributed by atoms with Crippen LogP contribution in [0.15, 0.2) is 51.1 Å². The summed E-state index contributed by atoms with van der Waals surface area (Å²) >= 11 is 0.841. The molecule has 6 nitrogen and oxygen atoms in total. The van der Waals surface area contributed by atoms with E-state index in [2.05, 4.69) is 9.99 Å². The summed E-state index contributed by atoms with van der Waals surface area (Å²) in [5.41, 5.74) is -1.26. The van der Waals surface area contributed by atoms with Crippen LogP contribution in [0.25, 0.3) is 0 Å². The number of nitrogens with zero attached hydrogens (tertiary/aromatic N) is 2. The van der Waals surface area contributed by atoms with Gasteiger partial charge in [0.25, 0.3) is 5.04 Å². The number of oxime groups is 1. The Hall–Kier alpha value is -2.71. The first kappa shape index (κ1) is 18.6. The van der Waals surface area contributed by atoms with Crippen molar-refractivity contribution >= 4 is 32.2 Å². The van der Waals surface area contributed by atoms with Crippen LogP contribution in [0.5, 0.6) is 0 Å². The van der Waals surface area contributed by atoms with Crippen molar-refractivity contribution in [1.29, 1.82) is 5.26 Å². The molecule has 0 saturated carbocycles. The fourth-order valence-corrected chi connectivity index (χ4v) is 3.63. The summed E-state index contributed by atoms with van der Waals surface area (Å²) in [6.45, 7) is 0. The number of sulfone groups is 1. The summed E-state index contributed by atoms with van der Waals surface area (Å²) in [6.07, 6.45) is -4.57. The van der Waals surface area contributed by atoms with Crippen molar-refractivity contribution in [1.82, 2.24) is 0 Å². The van der Waals surface area contributed by atoms with Gasteiger partial charge in [0.15, 0.2) is 0 Å². The van der Waals surface area contributed by atoms with E-state index in [1.165, 1.54) is 23.6 Å². The minimum Gasteiger partial charge on any atom is -0.311 e. The van der Waals surface area contributed by atoms with Crippen molar-refractivity contribution < 1.29 is 31.2 Å². The van der Waals surface area contributed by atoms with E-state index in [9.17, 15) is 26.4 Å². The van der Waals surface area contributed by atoms with Gasteiger partial charge in [0, 0.05) is 0 Å². The van der Waals surface area contributed by atoms with Gasteiger partial charge >= 0.3 is 12.1 Å². The van der Waals surface area contributed by atoms with Gasteiger partial charge in [0.2, 0.25) is 9.84 Å². The highest BCUT2D eigenvalue weighted by molar-refractivity contribution is 8.08. The molecule has 0 saturated heterocycles. The van der Waals surface area contributed by atoms with Crippen molar-refractivity contribution in [3.63, 3.8) is 0 Å². The topological polar surface area (TPSA) is 96.6 Å². The highest BCUT2D eigenvalue weighted by Crippen LogP contribution is 2.29. The summed E-state index contributed by atoms with van der Waals surface area (Å²) in [6, 6.07) is 7.01. The van der Waals surface area contributed by atoms with Crippen LogP contribution in [0.3, 0.4) is 0 Å². The van der Waals surface area contributed by atoms with Crippen LogP contribution in [0.2, 0.25) is 0 Å². The number of halogens is 3. The SMILES string of the molecule is N#C/C(=N\OC(=O)c1ccc(C(F)(F)F)cc1)S(=O)(=O)c1cccs1. The first-order valence-electron chi connectivity index (χ1n) is 6.31. The van der Waals surface area contributed by atoms with Crippen LogP contribution in [-0.2, 0) is 20.9 Å². The Balaban J connectivity index is 2.20. The van der Waals surface area contributed by atoms with E-state index >= 15 is 0 Å². The van der Waals surface area contributed by atoms with Gasteiger partial charge in [-0.15, -0.1) is 11.3 Å². The Morgan fingerprint density at radius 3 is 2.32 bits per heavy atom. The lowest BCUT2D eigenvalue weighted by atomic mass is 10.1. The fraction of sp³-hybridized carbons (Fsp3) is 0.0714. The summed E-state index contributed by atoms with van der Waals surface area (Å²) < 4.78 is 61.3. The Bertz CT molecular complexity index is 941. The maximum atomic E-state index is 12.4. The smallest absolute Gasteiger partial charge is 0.311 e. The molecule has 0 N–H and O–H groups in total. The van der Waals surface area contributed by atoms with Gasteiger partial charge in [-0.2, -0.15) is 18.4 Å². The van der Waals surface area contributed by atoms with Crippen LogP contribution in [0.1, 0.15) is 15.9 Å². The zero-order valence-electron chi connectivity index (χ0n) is 12.0. The number of nitriles is 1. The van der Waals surface area contributed by atoms with E-state index in [1.54, 1.807) is 0 Å². The molecule has 2 aromatic rings. The van der Waals surface area contributed by atoms with E-state index in [-0.39, 0.29) is 9.77 Å². The predicted molar refractivity (Wildman–Crippen MR) is 81.4 cm³/mol. The number of carbonyl (C=O) groups excluding carboxylic acids is 1. The number of benzene rings is 1. The van der Waals surface area contributed by atoms with Crippen LogP contribution in [-0.4, -0.2) is 19.4 Å². The Kier molecular flexibility index (Phi) is 5.24. The molecule has 2 rings (SSSR count). The average Bonchev–Trinajstić information content (AvgIpc) is 3.09. The van der Waals surface area contributed by atoms with Crippen molar-refractivity contribution in [3.8, 4) is 6.07 Å². The number of thiophene rings is 1. The summed E-state index contributed by atoms with van der Waals surface area (Å²) in [7, 11) is -4.23.